The topological polar surface area (TPSA) is 79.3 Å². The van der Waals surface area contributed by atoms with Gasteiger partial charge in [-0.15, -0.1) is 0 Å². The Kier molecular flexibility index (Phi) is 23.2. The number of likely N-dealkylation sites (N-methyl/N-ethyl adjacent to an activating group) is 1. The summed E-state index contributed by atoms with van der Waals surface area (Å²) in [4.78, 5) is 2.32. The molecule has 1 unspecified atom stereocenters. The summed E-state index contributed by atoms with van der Waals surface area (Å²) < 4.78 is 0. The minimum atomic E-state index is -0.152. The maximum Gasteiger partial charge on any atom is 0.0804 e. The van der Waals surface area contributed by atoms with Gasteiger partial charge < -0.3 is 27.0 Å². The third kappa shape index (κ3) is 14.7. The van der Waals surface area contributed by atoms with Gasteiger partial charge in [-0.1, -0.05) is 182 Å². The van der Waals surface area contributed by atoms with Crippen LogP contribution in [0.25, 0.3) is 16.3 Å². The molecule has 0 saturated carbocycles. The van der Waals surface area contributed by atoms with Crippen LogP contribution < -0.4 is 27.0 Å². The van der Waals surface area contributed by atoms with Crippen LogP contribution in [0.4, 0.5) is 11.4 Å². The van der Waals surface area contributed by atoms with Gasteiger partial charge in [-0.25, -0.2) is 0 Å². The molecule has 0 saturated heterocycles. The summed E-state index contributed by atoms with van der Waals surface area (Å²) in [6.07, 6.45) is 13.0. The lowest BCUT2D eigenvalue weighted by Gasteiger charge is -2.28. The summed E-state index contributed by atoms with van der Waals surface area (Å²) in [6.45, 7) is 22.4. The number of nitrogens with two attached hydrogens (primary N) is 2. The van der Waals surface area contributed by atoms with Gasteiger partial charge in [0, 0.05) is 34.9 Å². The van der Waals surface area contributed by atoms with Crippen molar-refractivity contribution in [3.05, 3.63) is 210 Å². The molecule has 306 valence electrons. The summed E-state index contributed by atoms with van der Waals surface area (Å²) in [7, 11) is 1.79. The SMILES string of the molecule is C=C/C(=C\CN)C(N)NC.C=C1/C=C(\C)N(c2ccccc2)c2ccccc2C2=C(C=CCC2)N1.CC.CC.CC.c1ccc(Cc2ccc3ccccc3c2)cc1. The molecule has 0 spiro atoms. The molecule has 0 aromatic heterocycles. The van der Waals surface area contributed by atoms with Crippen molar-refractivity contribution in [1.82, 2.24) is 10.6 Å². The van der Waals surface area contributed by atoms with Gasteiger partial charge in [0.2, 0.25) is 0 Å². The summed E-state index contributed by atoms with van der Waals surface area (Å²) in [6, 6.07) is 45.0. The minimum absolute atomic E-state index is 0.152. The lowest BCUT2D eigenvalue weighted by molar-refractivity contribution is 0.674. The van der Waals surface area contributed by atoms with Crippen molar-refractivity contribution in [1.29, 1.82) is 0 Å². The molecule has 5 nitrogen and oxygen atoms in total. The van der Waals surface area contributed by atoms with Crippen LogP contribution in [0.1, 0.15) is 78.0 Å². The summed E-state index contributed by atoms with van der Waals surface area (Å²) in [5.74, 6) is 0. The first-order valence-corrected chi connectivity index (χ1v) is 20.9. The molecule has 5 heteroatoms. The smallest absolute Gasteiger partial charge is 0.0804 e. The van der Waals surface area contributed by atoms with E-state index in [-0.39, 0.29) is 6.17 Å². The van der Waals surface area contributed by atoms with E-state index in [4.69, 9.17) is 11.5 Å². The zero-order valence-corrected chi connectivity index (χ0v) is 36.4. The molecule has 1 aliphatic carbocycles. The van der Waals surface area contributed by atoms with E-state index in [1.165, 1.54) is 38.7 Å². The first kappa shape index (κ1) is 48.4. The Morgan fingerprint density at radius 1 is 0.793 bits per heavy atom. The highest BCUT2D eigenvalue weighted by Gasteiger charge is 2.21. The highest BCUT2D eigenvalue weighted by molar-refractivity contribution is 5.85. The van der Waals surface area contributed by atoms with Gasteiger partial charge in [0.15, 0.2) is 0 Å². The fraction of sp³-hybridized carbons (Fsp3) is 0.245. The Hall–Kier alpha value is -5.72. The number of para-hydroxylation sites is 2. The molecule has 1 atom stereocenters. The van der Waals surface area contributed by atoms with Crippen molar-refractivity contribution in [2.75, 3.05) is 18.5 Å². The molecule has 0 radical (unpaired) electrons. The Bertz CT molecular complexity index is 2070. The fourth-order valence-electron chi connectivity index (χ4n) is 6.44. The van der Waals surface area contributed by atoms with Crippen molar-refractivity contribution in [3.8, 4) is 0 Å². The van der Waals surface area contributed by atoms with E-state index in [1.54, 1.807) is 13.1 Å². The number of hydrogen-bond acceptors (Lipinski definition) is 5. The highest BCUT2D eigenvalue weighted by Crippen LogP contribution is 2.40. The second-order valence-corrected chi connectivity index (χ2v) is 12.7. The maximum absolute atomic E-state index is 5.61. The summed E-state index contributed by atoms with van der Waals surface area (Å²) in [5.41, 5.74) is 22.8. The highest BCUT2D eigenvalue weighted by atomic mass is 15.2. The fourth-order valence-corrected chi connectivity index (χ4v) is 6.44. The van der Waals surface area contributed by atoms with Gasteiger partial charge in [-0.2, -0.15) is 0 Å². The molecule has 7 rings (SSSR count). The van der Waals surface area contributed by atoms with Crippen LogP contribution in [0.15, 0.2) is 194 Å². The number of fused-ring (bicyclic) bond motifs is 3. The van der Waals surface area contributed by atoms with Crippen LogP contribution in [-0.2, 0) is 6.42 Å². The molecule has 1 aliphatic heterocycles. The van der Waals surface area contributed by atoms with Gasteiger partial charge in [0.1, 0.15) is 0 Å². The van der Waals surface area contributed by atoms with Crippen LogP contribution in [0.3, 0.4) is 0 Å². The Morgan fingerprint density at radius 3 is 2.03 bits per heavy atom. The van der Waals surface area contributed by atoms with Crippen molar-refractivity contribution >= 4 is 27.7 Å². The lowest BCUT2D eigenvalue weighted by Crippen LogP contribution is -2.35. The predicted molar refractivity (Wildman–Crippen MR) is 258 cm³/mol. The Morgan fingerprint density at radius 2 is 1.40 bits per heavy atom. The normalized spacial score (nSPS) is 14.2. The van der Waals surface area contributed by atoms with Gasteiger partial charge in [0.25, 0.3) is 0 Å². The zero-order valence-electron chi connectivity index (χ0n) is 36.4. The third-order valence-corrected chi connectivity index (χ3v) is 9.01. The standard InChI is InChI=1S/C23H22N2.C17H14.C7H15N3.3C2H6/c1-17-16-18(2)25(19-10-4-3-5-11-19)23-15-9-7-13-21(23)20-12-6-8-14-22(20)24-17;1-2-6-14(7-3-1)12-15-10-11-16-8-4-5-9-17(16)13-15;1-3-6(4-5-8)7(9)10-2;3*1-2/h3-5,7-11,13-16,24H,1,6,12H2,2H3;1-11,13H,12H2;3-4,7,10H,1,5,8-9H2,2H3;3*1-2H3/b18-16+;;6-4+;;;. The number of allylic oxidation sites excluding steroid dienone is 5. The first-order chi connectivity index (χ1) is 28.4. The second kappa shape index (κ2) is 27.8. The van der Waals surface area contributed by atoms with E-state index in [0.29, 0.717) is 6.54 Å². The second-order valence-electron chi connectivity index (χ2n) is 12.7. The van der Waals surface area contributed by atoms with Crippen LogP contribution in [0, 0.1) is 0 Å². The predicted octanol–water partition coefficient (Wildman–Crippen LogP) is 13.0. The maximum atomic E-state index is 5.61. The van der Waals surface area contributed by atoms with Crippen molar-refractivity contribution in [2.24, 2.45) is 11.5 Å². The molecule has 5 aromatic carbocycles. The molecule has 5 aromatic rings. The zero-order chi connectivity index (χ0) is 42.7. The number of benzene rings is 5. The van der Waals surface area contributed by atoms with Gasteiger partial charge in [-0.3, -0.25) is 0 Å². The third-order valence-electron chi connectivity index (χ3n) is 9.01. The van der Waals surface area contributed by atoms with E-state index in [0.717, 1.165) is 47.6 Å². The molecular weight excluding hydrogens is 707 g/mol. The Labute approximate surface area is 351 Å². The van der Waals surface area contributed by atoms with E-state index in [9.17, 15) is 0 Å². The van der Waals surface area contributed by atoms with Gasteiger partial charge in [0.05, 0.1) is 11.9 Å². The lowest BCUT2D eigenvalue weighted by atomic mass is 9.93. The summed E-state index contributed by atoms with van der Waals surface area (Å²) >= 11 is 0. The molecule has 6 N–H and O–H groups in total. The Balaban J connectivity index is 0.000000305. The van der Waals surface area contributed by atoms with Crippen molar-refractivity contribution < 1.29 is 0 Å². The molecule has 0 fully saturated rings. The van der Waals surface area contributed by atoms with Gasteiger partial charge in [-0.05, 0) is 96.6 Å². The van der Waals surface area contributed by atoms with Crippen molar-refractivity contribution in [2.45, 2.75) is 73.9 Å². The van der Waals surface area contributed by atoms with Crippen LogP contribution >= 0.6 is 0 Å². The van der Waals surface area contributed by atoms with E-state index >= 15 is 0 Å². The number of hydrogen-bond donors (Lipinski definition) is 4. The molecule has 0 bridgehead atoms. The van der Waals surface area contributed by atoms with E-state index in [1.807, 2.05) is 47.6 Å². The van der Waals surface area contributed by atoms with Crippen molar-refractivity contribution in [3.63, 3.8) is 0 Å². The molecule has 2 aliphatic rings. The largest absolute Gasteiger partial charge is 0.356 e. The molecule has 58 heavy (non-hydrogen) atoms. The van der Waals surface area contributed by atoms with Gasteiger partial charge >= 0.3 is 0 Å². The van der Waals surface area contributed by atoms with E-state index in [2.05, 4.69) is 181 Å². The number of anilines is 2. The summed E-state index contributed by atoms with van der Waals surface area (Å²) in [5, 5.41) is 9.01. The van der Waals surface area contributed by atoms with Crippen LogP contribution in [0.2, 0.25) is 0 Å². The molecule has 0 amide bonds. The molecule has 1 heterocycles. The average Bonchev–Trinajstić information content (AvgIpc) is 3.33. The van der Waals surface area contributed by atoms with E-state index < -0.39 is 0 Å². The first-order valence-electron chi connectivity index (χ1n) is 20.9. The minimum Gasteiger partial charge on any atom is -0.356 e. The number of rotatable bonds is 7. The number of nitrogens with zero attached hydrogens (tertiary/aromatic N) is 1. The monoisotopic (exact) mass is 776 g/mol. The average molecular weight is 776 g/mol. The number of nitrogens with one attached hydrogen (secondary N) is 2. The van der Waals surface area contributed by atoms with Crippen LogP contribution in [-0.4, -0.2) is 19.8 Å². The van der Waals surface area contributed by atoms with Crippen LogP contribution in [0.5, 0.6) is 0 Å². The quantitative estimate of drug-likeness (QED) is 0.0978. The molecular formula is C53H69N5.